The summed E-state index contributed by atoms with van der Waals surface area (Å²) in [4.78, 5) is 17.4. The van der Waals surface area contributed by atoms with Crippen LogP contribution in [0.15, 0.2) is 58.9 Å². The quantitative estimate of drug-likeness (QED) is 0.337. The molecule has 0 bridgehead atoms. The molecule has 1 atom stereocenters. The third-order valence-corrected chi connectivity index (χ3v) is 6.12. The molecular weight excluding hydrogens is 433 g/mol. The molecule has 0 radical (unpaired) electrons. The van der Waals surface area contributed by atoms with Crippen molar-refractivity contribution in [1.82, 2.24) is 4.98 Å². The first-order valence-electron chi connectivity index (χ1n) is 8.79. The van der Waals surface area contributed by atoms with Gasteiger partial charge in [-0.2, -0.15) is 18.4 Å². The first kappa shape index (κ1) is 21.9. The highest BCUT2D eigenvalue weighted by Crippen LogP contribution is 2.43. The number of hydrogen-bond donors (Lipinski definition) is 0. The van der Waals surface area contributed by atoms with E-state index in [0.717, 1.165) is 17.8 Å². The molecule has 154 valence electrons. The number of aromatic nitrogens is 1. The van der Waals surface area contributed by atoms with Crippen molar-refractivity contribution >= 4 is 29.1 Å². The first-order valence-corrected chi connectivity index (χ1v) is 10.6. The van der Waals surface area contributed by atoms with E-state index in [9.17, 15) is 23.2 Å². The summed E-state index contributed by atoms with van der Waals surface area (Å²) in [5.74, 6) is -0.616. The van der Waals surface area contributed by atoms with Gasteiger partial charge in [0.05, 0.1) is 28.3 Å². The second kappa shape index (κ2) is 9.32. The predicted molar refractivity (Wildman–Crippen MR) is 109 cm³/mol. The SMILES string of the molecule is CCOC(=O)C(Sc1nc(-c2cccs2)cc(C(F)(F)F)c1C#N)c1ccccc1. The molecule has 0 saturated heterocycles. The molecule has 0 fully saturated rings. The molecular formula is C21H15F3N2O2S2. The summed E-state index contributed by atoms with van der Waals surface area (Å²) in [6, 6.07) is 14.4. The number of pyridine rings is 1. The van der Waals surface area contributed by atoms with E-state index in [1.54, 1.807) is 60.8 Å². The first-order chi connectivity index (χ1) is 14.3. The fourth-order valence-corrected chi connectivity index (χ4v) is 4.49. The van der Waals surface area contributed by atoms with E-state index in [1.807, 2.05) is 0 Å². The van der Waals surface area contributed by atoms with E-state index in [1.165, 1.54) is 11.3 Å². The van der Waals surface area contributed by atoms with Crippen LogP contribution in [0.1, 0.15) is 28.9 Å². The van der Waals surface area contributed by atoms with Gasteiger partial charge in [-0.15, -0.1) is 11.3 Å². The third-order valence-electron chi connectivity index (χ3n) is 4.01. The molecule has 3 rings (SSSR count). The highest BCUT2D eigenvalue weighted by Gasteiger charge is 2.37. The minimum Gasteiger partial charge on any atom is -0.465 e. The van der Waals surface area contributed by atoms with Crippen molar-refractivity contribution in [3.05, 3.63) is 70.6 Å². The van der Waals surface area contributed by atoms with Gasteiger partial charge in [0.1, 0.15) is 16.3 Å². The summed E-state index contributed by atoms with van der Waals surface area (Å²) < 4.78 is 46.2. The molecule has 0 spiro atoms. The van der Waals surface area contributed by atoms with Crippen molar-refractivity contribution in [2.24, 2.45) is 0 Å². The Morgan fingerprint density at radius 2 is 2.00 bits per heavy atom. The molecule has 1 aromatic carbocycles. The van der Waals surface area contributed by atoms with Gasteiger partial charge in [-0.05, 0) is 30.0 Å². The number of alkyl halides is 3. The van der Waals surface area contributed by atoms with E-state index >= 15 is 0 Å². The van der Waals surface area contributed by atoms with E-state index in [0.29, 0.717) is 10.4 Å². The predicted octanol–water partition coefficient (Wildman–Crippen LogP) is 6.10. The van der Waals surface area contributed by atoms with E-state index in [2.05, 4.69) is 4.98 Å². The normalized spacial score (nSPS) is 12.2. The van der Waals surface area contributed by atoms with Gasteiger partial charge in [0.25, 0.3) is 0 Å². The lowest BCUT2D eigenvalue weighted by Crippen LogP contribution is -2.15. The van der Waals surface area contributed by atoms with Crippen molar-refractivity contribution in [2.75, 3.05) is 6.61 Å². The van der Waals surface area contributed by atoms with Crippen molar-refractivity contribution in [2.45, 2.75) is 23.4 Å². The lowest BCUT2D eigenvalue weighted by molar-refractivity contribution is -0.142. The summed E-state index contributed by atoms with van der Waals surface area (Å²) in [5.41, 5.74) is -1.06. The molecule has 1 unspecified atom stereocenters. The number of carbonyl (C=O) groups excluding carboxylic acids is 1. The number of rotatable bonds is 6. The van der Waals surface area contributed by atoms with Crippen LogP contribution in [-0.2, 0) is 15.7 Å². The Bertz CT molecular complexity index is 1060. The number of nitrogens with zero attached hydrogens (tertiary/aromatic N) is 2. The maximum Gasteiger partial charge on any atom is 0.417 e. The maximum atomic E-state index is 13.7. The largest absolute Gasteiger partial charge is 0.465 e. The molecule has 9 heteroatoms. The van der Waals surface area contributed by atoms with Crippen LogP contribution in [-0.4, -0.2) is 17.6 Å². The standard InChI is InChI=1S/C21H15F3N2O2S2/c1-2-28-20(27)18(13-7-4-3-5-8-13)30-19-14(12-25)15(21(22,23)24)11-16(26-19)17-9-6-10-29-17/h3-11,18H,2H2,1H3. The molecule has 4 nitrogen and oxygen atoms in total. The molecule has 2 aromatic heterocycles. The van der Waals surface area contributed by atoms with Crippen LogP contribution in [0.25, 0.3) is 10.6 Å². The summed E-state index contributed by atoms with van der Waals surface area (Å²) in [5, 5.41) is 10.1. The van der Waals surface area contributed by atoms with Crippen LogP contribution in [0.2, 0.25) is 0 Å². The van der Waals surface area contributed by atoms with Crippen molar-refractivity contribution in [1.29, 1.82) is 5.26 Å². The fraction of sp³-hybridized carbons (Fsp3) is 0.190. The third kappa shape index (κ3) is 4.83. The van der Waals surface area contributed by atoms with Crippen LogP contribution < -0.4 is 0 Å². The van der Waals surface area contributed by atoms with Crippen LogP contribution in [0.3, 0.4) is 0 Å². The Labute approximate surface area is 179 Å². The Morgan fingerprint density at radius 1 is 1.27 bits per heavy atom. The van der Waals surface area contributed by atoms with Gasteiger partial charge in [-0.3, -0.25) is 4.79 Å². The van der Waals surface area contributed by atoms with Gasteiger partial charge in [0, 0.05) is 0 Å². The van der Waals surface area contributed by atoms with Gasteiger partial charge in [0.2, 0.25) is 0 Å². The number of carbonyl (C=O) groups is 1. The van der Waals surface area contributed by atoms with Gasteiger partial charge in [-0.1, -0.05) is 48.2 Å². The Morgan fingerprint density at radius 3 is 2.57 bits per heavy atom. The number of nitriles is 1. The molecule has 0 saturated carbocycles. The number of thioether (sulfide) groups is 1. The lowest BCUT2D eigenvalue weighted by Gasteiger charge is -2.18. The van der Waals surface area contributed by atoms with E-state index in [4.69, 9.17) is 4.74 Å². The van der Waals surface area contributed by atoms with Crippen molar-refractivity contribution in [3.63, 3.8) is 0 Å². The van der Waals surface area contributed by atoms with Gasteiger partial charge < -0.3 is 4.74 Å². The zero-order chi connectivity index (χ0) is 21.7. The number of thiophene rings is 1. The Balaban J connectivity index is 2.16. The van der Waals surface area contributed by atoms with Crippen LogP contribution in [0.5, 0.6) is 0 Å². The van der Waals surface area contributed by atoms with E-state index < -0.39 is 28.5 Å². The second-order valence-corrected chi connectivity index (χ2v) is 8.02. The molecule has 0 N–H and O–H groups in total. The highest BCUT2D eigenvalue weighted by molar-refractivity contribution is 8.00. The zero-order valence-corrected chi connectivity index (χ0v) is 17.3. The summed E-state index contributed by atoms with van der Waals surface area (Å²) in [7, 11) is 0. The Kier molecular flexibility index (Phi) is 6.80. The topological polar surface area (TPSA) is 63.0 Å². The average Bonchev–Trinajstić information content (AvgIpc) is 3.26. The van der Waals surface area contributed by atoms with Gasteiger partial charge in [0.15, 0.2) is 0 Å². The zero-order valence-electron chi connectivity index (χ0n) is 15.6. The summed E-state index contributed by atoms with van der Waals surface area (Å²) >= 11 is 2.01. The minimum atomic E-state index is -4.75. The molecule has 30 heavy (non-hydrogen) atoms. The Hall–Kier alpha value is -2.83. The molecule has 0 aliphatic heterocycles. The molecule has 3 aromatic rings. The summed E-state index contributed by atoms with van der Waals surface area (Å²) in [6.45, 7) is 1.76. The van der Waals surface area contributed by atoms with Crippen LogP contribution in [0, 0.1) is 11.3 Å². The smallest absolute Gasteiger partial charge is 0.417 e. The van der Waals surface area contributed by atoms with Crippen LogP contribution in [0.4, 0.5) is 13.2 Å². The number of esters is 1. The fourth-order valence-electron chi connectivity index (χ4n) is 2.70. The number of hydrogen-bond acceptors (Lipinski definition) is 6. The van der Waals surface area contributed by atoms with Gasteiger partial charge >= 0.3 is 12.1 Å². The molecule has 0 aliphatic carbocycles. The average molecular weight is 448 g/mol. The minimum absolute atomic E-state index is 0.0921. The number of ether oxygens (including phenoxy) is 1. The van der Waals surface area contributed by atoms with Crippen molar-refractivity contribution in [3.8, 4) is 16.6 Å². The lowest BCUT2D eigenvalue weighted by atomic mass is 10.1. The van der Waals surface area contributed by atoms with E-state index in [-0.39, 0.29) is 17.3 Å². The molecule has 2 heterocycles. The highest BCUT2D eigenvalue weighted by atomic mass is 32.2. The summed E-state index contributed by atoms with van der Waals surface area (Å²) in [6.07, 6.45) is -4.75. The molecule has 0 aliphatic rings. The van der Waals surface area contributed by atoms with Crippen molar-refractivity contribution < 1.29 is 22.7 Å². The monoisotopic (exact) mass is 448 g/mol. The number of halogens is 3. The maximum absolute atomic E-state index is 13.7. The second-order valence-electron chi connectivity index (χ2n) is 5.98. The number of benzene rings is 1. The van der Waals surface area contributed by atoms with Gasteiger partial charge in [-0.25, -0.2) is 4.98 Å². The van der Waals surface area contributed by atoms with Crippen LogP contribution >= 0.6 is 23.1 Å². The molecule has 0 amide bonds.